The molecule has 0 saturated carbocycles. The van der Waals surface area contributed by atoms with Crippen molar-refractivity contribution in [2.45, 2.75) is 46.1 Å². The molecule has 0 aliphatic heterocycles. The van der Waals surface area contributed by atoms with Gasteiger partial charge in [0.1, 0.15) is 11.9 Å². The summed E-state index contributed by atoms with van der Waals surface area (Å²) >= 11 is 0. The Hall–Kier alpha value is -3.09. The van der Waals surface area contributed by atoms with Gasteiger partial charge in [0.05, 0.1) is 20.1 Å². The van der Waals surface area contributed by atoms with E-state index in [9.17, 15) is 14.7 Å². The number of Topliss-reactive ketones (excluding diaryl/α,β-unsaturated/α-hetero) is 1. The first-order valence-corrected chi connectivity index (χ1v) is 9.79. The van der Waals surface area contributed by atoms with Crippen LogP contribution < -0.4 is 9.47 Å². The molecule has 0 radical (unpaired) electrons. The molecule has 1 aromatic carbocycles. The molecule has 3 atom stereocenters. The topological polar surface area (TPSA) is 95.0 Å². The van der Waals surface area contributed by atoms with Gasteiger partial charge >= 0.3 is 5.97 Å². The molecule has 0 aliphatic carbocycles. The van der Waals surface area contributed by atoms with Crippen molar-refractivity contribution >= 4 is 11.8 Å². The second kappa shape index (κ2) is 10.1. The minimum Gasteiger partial charge on any atom is -0.503 e. The van der Waals surface area contributed by atoms with Gasteiger partial charge < -0.3 is 19.3 Å². The predicted molar refractivity (Wildman–Crippen MR) is 112 cm³/mol. The molecule has 2 aromatic rings. The smallest absolute Gasteiger partial charge is 0.309 e. The number of rotatable bonds is 9. The third-order valence-electron chi connectivity index (χ3n) is 5.24. The van der Waals surface area contributed by atoms with Crippen LogP contribution in [0.1, 0.15) is 54.7 Å². The number of aryl methyl sites for hydroxylation is 1. The summed E-state index contributed by atoms with van der Waals surface area (Å²) in [5.74, 6) is -1.06. The van der Waals surface area contributed by atoms with Crippen molar-refractivity contribution in [2.24, 2.45) is 5.92 Å². The van der Waals surface area contributed by atoms with Crippen LogP contribution in [-0.2, 0) is 9.53 Å². The van der Waals surface area contributed by atoms with Gasteiger partial charge in [0.15, 0.2) is 23.0 Å². The highest BCUT2D eigenvalue weighted by Gasteiger charge is 2.27. The first-order valence-electron chi connectivity index (χ1n) is 9.79. The van der Waals surface area contributed by atoms with E-state index < -0.39 is 17.7 Å². The van der Waals surface area contributed by atoms with Gasteiger partial charge in [0.25, 0.3) is 0 Å². The maximum atomic E-state index is 12.5. The third-order valence-corrected chi connectivity index (χ3v) is 5.24. The average molecular weight is 415 g/mol. The molecule has 0 aliphatic rings. The lowest BCUT2D eigenvalue weighted by molar-refractivity contribution is -0.153. The average Bonchev–Trinajstić information content (AvgIpc) is 2.72. The number of ether oxygens (including phenoxy) is 3. The number of carbonyl (C=O) groups is 2. The minimum atomic E-state index is -0.684. The Morgan fingerprint density at radius 3 is 2.40 bits per heavy atom. The van der Waals surface area contributed by atoms with Gasteiger partial charge in [-0.3, -0.25) is 9.59 Å². The normalized spacial score (nSPS) is 13.8. The van der Waals surface area contributed by atoms with Gasteiger partial charge in [-0.1, -0.05) is 19.9 Å². The van der Waals surface area contributed by atoms with E-state index in [0.717, 1.165) is 16.9 Å². The van der Waals surface area contributed by atoms with Crippen LogP contribution in [0.15, 0.2) is 30.5 Å². The molecule has 1 N–H and O–H groups in total. The number of benzene rings is 1. The van der Waals surface area contributed by atoms with Crippen molar-refractivity contribution in [3.8, 4) is 17.2 Å². The van der Waals surface area contributed by atoms with Crippen molar-refractivity contribution in [1.82, 2.24) is 4.98 Å². The zero-order chi connectivity index (χ0) is 22.4. The quantitative estimate of drug-likeness (QED) is 0.487. The maximum Gasteiger partial charge on any atom is 0.309 e. The van der Waals surface area contributed by atoms with Crippen LogP contribution >= 0.6 is 0 Å². The fourth-order valence-electron chi connectivity index (χ4n) is 3.20. The van der Waals surface area contributed by atoms with Gasteiger partial charge in [0, 0.05) is 24.6 Å². The highest BCUT2D eigenvalue weighted by molar-refractivity contribution is 5.99. The fourth-order valence-corrected chi connectivity index (χ4v) is 3.20. The van der Waals surface area contributed by atoms with Crippen molar-refractivity contribution < 1.29 is 28.9 Å². The Morgan fingerprint density at radius 2 is 1.80 bits per heavy atom. The summed E-state index contributed by atoms with van der Waals surface area (Å²) in [6.45, 7) is 7.42. The van der Waals surface area contributed by atoms with Gasteiger partial charge in [0.2, 0.25) is 0 Å². The van der Waals surface area contributed by atoms with E-state index in [1.165, 1.54) is 19.4 Å². The van der Waals surface area contributed by atoms with Gasteiger partial charge in [-0.2, -0.15) is 0 Å². The molecule has 162 valence electrons. The standard InChI is InChI=1S/C23H29NO6/c1-13-11-17(28-5)7-8-18(13)15(3)16(4)30-23(27)14(2)12-19(25)21-22(26)20(29-6)9-10-24-21/h7-11,14-16,26H,12H2,1-6H3/t14-,15-,16+/m0/s1. The molecule has 7 nitrogen and oxygen atoms in total. The van der Waals surface area contributed by atoms with Crippen LogP contribution in [-0.4, -0.2) is 42.2 Å². The SMILES string of the molecule is COc1ccc([C@@H](C)[C@@H](C)OC(=O)[C@@H](C)CC(=O)c2nccc(OC)c2O)c(C)c1. The van der Waals surface area contributed by atoms with Crippen LogP contribution in [0.2, 0.25) is 0 Å². The lowest BCUT2D eigenvalue weighted by Crippen LogP contribution is -2.26. The molecule has 0 amide bonds. The third kappa shape index (κ3) is 5.28. The summed E-state index contributed by atoms with van der Waals surface area (Å²) in [7, 11) is 3.00. The molecule has 1 heterocycles. The molecule has 30 heavy (non-hydrogen) atoms. The van der Waals surface area contributed by atoms with E-state index >= 15 is 0 Å². The number of esters is 1. The molecule has 0 saturated heterocycles. The Kier molecular flexibility index (Phi) is 7.80. The molecule has 0 fully saturated rings. The number of hydrogen-bond donors (Lipinski definition) is 1. The van der Waals surface area contributed by atoms with Crippen molar-refractivity contribution in [3.63, 3.8) is 0 Å². The molecular formula is C23H29NO6. The molecule has 0 unspecified atom stereocenters. The number of methoxy groups -OCH3 is 2. The summed E-state index contributed by atoms with van der Waals surface area (Å²) in [5.41, 5.74) is 1.99. The first kappa shape index (κ1) is 23.2. The van der Waals surface area contributed by atoms with Crippen molar-refractivity contribution in [2.75, 3.05) is 14.2 Å². The Morgan fingerprint density at radius 1 is 1.10 bits per heavy atom. The van der Waals surface area contributed by atoms with E-state index in [4.69, 9.17) is 14.2 Å². The van der Waals surface area contributed by atoms with Crippen LogP contribution in [0, 0.1) is 12.8 Å². The second-order valence-corrected chi connectivity index (χ2v) is 7.39. The van der Waals surface area contributed by atoms with Gasteiger partial charge in [-0.25, -0.2) is 4.98 Å². The first-order chi connectivity index (χ1) is 14.2. The molecule has 1 aromatic heterocycles. The zero-order valence-electron chi connectivity index (χ0n) is 18.3. The monoisotopic (exact) mass is 415 g/mol. The summed E-state index contributed by atoms with van der Waals surface area (Å²) in [4.78, 5) is 29.0. The number of ketones is 1. The van der Waals surface area contributed by atoms with Crippen LogP contribution in [0.3, 0.4) is 0 Å². The van der Waals surface area contributed by atoms with Crippen molar-refractivity contribution in [1.29, 1.82) is 0 Å². The molecule has 0 bridgehead atoms. The molecule has 2 rings (SSSR count). The molecular weight excluding hydrogens is 386 g/mol. The van der Waals surface area contributed by atoms with Crippen LogP contribution in [0.5, 0.6) is 17.2 Å². The second-order valence-electron chi connectivity index (χ2n) is 7.39. The highest BCUT2D eigenvalue weighted by atomic mass is 16.5. The number of nitrogens with zero attached hydrogens (tertiary/aromatic N) is 1. The van der Waals surface area contributed by atoms with E-state index in [2.05, 4.69) is 4.98 Å². The Bertz CT molecular complexity index is 911. The lowest BCUT2D eigenvalue weighted by atomic mass is 9.92. The summed E-state index contributed by atoms with van der Waals surface area (Å²) in [6.07, 6.45) is 0.857. The number of carbonyl (C=O) groups excluding carboxylic acids is 2. The van der Waals surface area contributed by atoms with Crippen LogP contribution in [0.4, 0.5) is 0 Å². The van der Waals surface area contributed by atoms with Crippen LogP contribution in [0.25, 0.3) is 0 Å². The summed E-state index contributed by atoms with van der Waals surface area (Å²) < 4.78 is 15.8. The molecule has 0 spiro atoms. The minimum absolute atomic E-state index is 0.0353. The number of pyridine rings is 1. The Balaban J connectivity index is 2.02. The van der Waals surface area contributed by atoms with Gasteiger partial charge in [-0.05, 0) is 37.1 Å². The number of aromatic hydroxyl groups is 1. The lowest BCUT2D eigenvalue weighted by Gasteiger charge is -2.24. The highest BCUT2D eigenvalue weighted by Crippen LogP contribution is 2.30. The maximum absolute atomic E-state index is 12.5. The predicted octanol–water partition coefficient (Wildman–Crippen LogP) is 4.06. The van der Waals surface area contributed by atoms with E-state index in [-0.39, 0.29) is 35.6 Å². The number of hydrogen-bond acceptors (Lipinski definition) is 7. The van der Waals surface area contributed by atoms with Gasteiger partial charge in [-0.15, -0.1) is 0 Å². The summed E-state index contributed by atoms with van der Waals surface area (Å²) in [6, 6.07) is 7.24. The van der Waals surface area contributed by atoms with E-state index in [1.54, 1.807) is 14.0 Å². The Labute approximate surface area is 177 Å². The fraction of sp³-hybridized carbons (Fsp3) is 0.435. The largest absolute Gasteiger partial charge is 0.503 e. The summed E-state index contributed by atoms with van der Waals surface area (Å²) in [5, 5.41) is 10.1. The molecule has 7 heteroatoms. The van der Waals surface area contributed by atoms with E-state index in [1.807, 2.05) is 39.0 Å². The zero-order valence-corrected chi connectivity index (χ0v) is 18.3. The van der Waals surface area contributed by atoms with Crippen molar-refractivity contribution in [3.05, 3.63) is 47.3 Å². The number of aromatic nitrogens is 1. The van der Waals surface area contributed by atoms with E-state index in [0.29, 0.717) is 0 Å².